The molecule has 1 rings (SSSR count). The lowest BCUT2D eigenvalue weighted by Crippen LogP contribution is -2.30. The fraction of sp³-hybridized carbons (Fsp3) is 0.500. The summed E-state index contributed by atoms with van der Waals surface area (Å²) in [6.07, 6.45) is 3.50. The van der Waals surface area contributed by atoms with Gasteiger partial charge in [-0.1, -0.05) is 6.07 Å². The minimum Gasteiger partial charge on any atom is -0.308 e. The van der Waals surface area contributed by atoms with Gasteiger partial charge >= 0.3 is 0 Å². The van der Waals surface area contributed by atoms with Crippen molar-refractivity contribution in [1.29, 1.82) is 0 Å². The van der Waals surface area contributed by atoms with E-state index in [4.69, 9.17) is 0 Å². The molecule has 0 aromatic carbocycles. The van der Waals surface area contributed by atoms with Crippen LogP contribution in [0.5, 0.6) is 0 Å². The summed E-state index contributed by atoms with van der Waals surface area (Å²) in [7, 11) is -0.736. The quantitative estimate of drug-likeness (QED) is 0.790. The van der Waals surface area contributed by atoms with Crippen LogP contribution in [0.3, 0.4) is 0 Å². The summed E-state index contributed by atoms with van der Waals surface area (Å²) in [4.78, 5) is 4.19. The minimum atomic E-state index is -0.736. The number of hydrogen-bond acceptors (Lipinski definition) is 3. The smallest absolute Gasteiger partial charge is 0.0541 e. The Hall–Kier alpha value is -0.740. The highest BCUT2D eigenvalue weighted by molar-refractivity contribution is 7.84. The van der Waals surface area contributed by atoms with E-state index in [1.807, 2.05) is 25.1 Å². The lowest BCUT2D eigenvalue weighted by atomic mass is 10.3. The van der Waals surface area contributed by atoms with Crippen molar-refractivity contribution in [3.8, 4) is 0 Å². The third-order valence-corrected chi connectivity index (χ3v) is 2.81. The largest absolute Gasteiger partial charge is 0.308 e. The molecule has 1 aromatic heterocycles. The Bertz CT molecular complexity index is 289. The molecule has 1 N–H and O–H groups in total. The van der Waals surface area contributed by atoms with Gasteiger partial charge < -0.3 is 5.32 Å². The monoisotopic (exact) mass is 212 g/mol. The van der Waals surface area contributed by atoms with E-state index >= 15 is 0 Å². The molecule has 2 unspecified atom stereocenters. The highest BCUT2D eigenvalue weighted by Gasteiger charge is 2.03. The van der Waals surface area contributed by atoms with Crippen LogP contribution in [0.1, 0.15) is 12.6 Å². The summed E-state index contributed by atoms with van der Waals surface area (Å²) in [6, 6.07) is 6.10. The average Bonchev–Trinajstić information content (AvgIpc) is 2.15. The normalized spacial score (nSPS) is 15.0. The molecule has 0 saturated carbocycles. The third kappa shape index (κ3) is 4.48. The van der Waals surface area contributed by atoms with Crippen molar-refractivity contribution >= 4 is 10.8 Å². The molecule has 0 amide bonds. The van der Waals surface area contributed by atoms with Gasteiger partial charge in [-0.15, -0.1) is 0 Å². The maximum absolute atomic E-state index is 10.9. The first-order valence-corrected chi connectivity index (χ1v) is 6.34. The van der Waals surface area contributed by atoms with Gasteiger partial charge in [0.1, 0.15) is 0 Å². The molecule has 0 fully saturated rings. The fourth-order valence-corrected chi connectivity index (χ4v) is 2.01. The van der Waals surface area contributed by atoms with Crippen LogP contribution in [0.25, 0.3) is 0 Å². The molecular formula is C10H16N2OS. The number of aromatic nitrogens is 1. The highest BCUT2D eigenvalue weighted by Crippen LogP contribution is 1.94. The predicted molar refractivity (Wildman–Crippen MR) is 59.5 cm³/mol. The van der Waals surface area contributed by atoms with Crippen molar-refractivity contribution in [2.75, 3.05) is 12.0 Å². The van der Waals surface area contributed by atoms with Crippen LogP contribution in [0.2, 0.25) is 0 Å². The number of rotatable bonds is 5. The second-order valence-corrected chi connectivity index (χ2v) is 4.82. The van der Waals surface area contributed by atoms with E-state index in [9.17, 15) is 4.21 Å². The van der Waals surface area contributed by atoms with Gasteiger partial charge in [0.15, 0.2) is 0 Å². The lowest BCUT2D eigenvalue weighted by molar-refractivity contribution is 0.580. The molecule has 14 heavy (non-hydrogen) atoms. The minimum absolute atomic E-state index is 0.267. The molecule has 4 heteroatoms. The van der Waals surface area contributed by atoms with Crippen molar-refractivity contribution < 1.29 is 4.21 Å². The molecular weight excluding hydrogens is 196 g/mol. The number of pyridine rings is 1. The Kier molecular flexibility index (Phi) is 4.76. The fourth-order valence-electron chi connectivity index (χ4n) is 1.19. The highest BCUT2D eigenvalue weighted by atomic mass is 32.2. The molecule has 0 spiro atoms. The van der Waals surface area contributed by atoms with Crippen molar-refractivity contribution in [3.63, 3.8) is 0 Å². The molecule has 3 nitrogen and oxygen atoms in total. The first kappa shape index (κ1) is 11.3. The summed E-state index contributed by atoms with van der Waals surface area (Å²) in [5.74, 6) is 0.687. The van der Waals surface area contributed by atoms with Crippen LogP contribution in [0.15, 0.2) is 24.4 Å². The first-order chi connectivity index (χ1) is 6.68. The van der Waals surface area contributed by atoms with E-state index in [0.717, 1.165) is 12.2 Å². The Morgan fingerprint density at radius 3 is 2.93 bits per heavy atom. The van der Waals surface area contributed by atoms with Gasteiger partial charge in [0.25, 0.3) is 0 Å². The molecule has 0 bridgehead atoms. The van der Waals surface area contributed by atoms with Crippen molar-refractivity contribution in [2.24, 2.45) is 0 Å². The molecule has 1 heterocycles. The summed E-state index contributed by atoms with van der Waals surface area (Å²) in [5.41, 5.74) is 1.02. The Morgan fingerprint density at radius 2 is 2.36 bits per heavy atom. The Morgan fingerprint density at radius 1 is 1.57 bits per heavy atom. The van der Waals surface area contributed by atoms with E-state index in [1.54, 1.807) is 12.5 Å². The zero-order valence-electron chi connectivity index (χ0n) is 8.56. The van der Waals surface area contributed by atoms with Gasteiger partial charge in [0.2, 0.25) is 0 Å². The lowest BCUT2D eigenvalue weighted by Gasteiger charge is -2.11. The van der Waals surface area contributed by atoms with Gasteiger partial charge in [-0.3, -0.25) is 9.19 Å². The second kappa shape index (κ2) is 5.88. The molecule has 1 aromatic rings. The zero-order valence-corrected chi connectivity index (χ0v) is 9.38. The number of nitrogens with one attached hydrogen (secondary N) is 1. The zero-order chi connectivity index (χ0) is 10.4. The van der Waals surface area contributed by atoms with E-state index in [-0.39, 0.29) is 6.04 Å². The molecule has 2 atom stereocenters. The van der Waals surface area contributed by atoms with Gasteiger partial charge in [0, 0.05) is 41.6 Å². The predicted octanol–water partition coefficient (Wildman–Crippen LogP) is 0.938. The molecule has 0 radical (unpaired) electrons. The maximum Gasteiger partial charge on any atom is 0.0541 e. The molecule has 0 aliphatic rings. The van der Waals surface area contributed by atoms with Crippen LogP contribution in [-0.2, 0) is 17.3 Å². The van der Waals surface area contributed by atoms with Gasteiger partial charge in [-0.25, -0.2) is 0 Å². The summed E-state index contributed by atoms with van der Waals surface area (Å²) in [5, 5.41) is 3.27. The van der Waals surface area contributed by atoms with Crippen LogP contribution in [0.4, 0.5) is 0 Å². The molecule has 0 saturated heterocycles. The second-order valence-electron chi connectivity index (χ2n) is 3.34. The maximum atomic E-state index is 10.9. The van der Waals surface area contributed by atoms with Crippen LogP contribution < -0.4 is 5.32 Å². The Balaban J connectivity index is 2.30. The SMILES string of the molecule is CC(CS(C)=O)NCc1ccccn1. The standard InChI is InChI=1S/C10H16N2OS/c1-9(8-14(2)13)12-7-10-5-3-4-6-11-10/h3-6,9,12H,7-8H2,1-2H3. The summed E-state index contributed by atoms with van der Waals surface area (Å²) >= 11 is 0. The van der Waals surface area contributed by atoms with Crippen LogP contribution in [-0.4, -0.2) is 27.2 Å². The third-order valence-electron chi connectivity index (χ3n) is 1.84. The van der Waals surface area contributed by atoms with Gasteiger partial charge in [0.05, 0.1) is 5.69 Å². The van der Waals surface area contributed by atoms with Crippen LogP contribution >= 0.6 is 0 Å². The topological polar surface area (TPSA) is 42.0 Å². The molecule has 78 valence electrons. The number of hydrogen-bond donors (Lipinski definition) is 1. The van der Waals surface area contributed by atoms with E-state index in [2.05, 4.69) is 10.3 Å². The van der Waals surface area contributed by atoms with Crippen molar-refractivity contribution in [1.82, 2.24) is 10.3 Å². The first-order valence-electron chi connectivity index (χ1n) is 4.62. The number of nitrogens with zero attached hydrogens (tertiary/aromatic N) is 1. The molecule has 0 aliphatic heterocycles. The van der Waals surface area contributed by atoms with Gasteiger partial charge in [-0.05, 0) is 19.1 Å². The molecule has 0 aliphatic carbocycles. The van der Waals surface area contributed by atoms with Crippen molar-refractivity contribution in [3.05, 3.63) is 30.1 Å². The average molecular weight is 212 g/mol. The van der Waals surface area contributed by atoms with Crippen LogP contribution in [0, 0.1) is 0 Å². The summed E-state index contributed by atoms with van der Waals surface area (Å²) < 4.78 is 10.9. The Labute approximate surface area is 87.4 Å². The van der Waals surface area contributed by atoms with Gasteiger partial charge in [-0.2, -0.15) is 0 Å². The van der Waals surface area contributed by atoms with E-state index in [1.165, 1.54) is 0 Å². The van der Waals surface area contributed by atoms with E-state index < -0.39 is 10.8 Å². The van der Waals surface area contributed by atoms with Crippen molar-refractivity contribution in [2.45, 2.75) is 19.5 Å². The van der Waals surface area contributed by atoms with E-state index in [0.29, 0.717) is 5.75 Å². The summed E-state index contributed by atoms with van der Waals surface area (Å²) in [6.45, 7) is 2.77.